The monoisotopic (exact) mass is 312 g/mol. The van der Waals surface area contributed by atoms with E-state index in [9.17, 15) is 0 Å². The fraction of sp³-hybridized carbons (Fsp3) is 0.188. The van der Waals surface area contributed by atoms with Crippen molar-refractivity contribution in [1.29, 1.82) is 0 Å². The Hall–Kier alpha value is -2.47. The molecule has 2 heterocycles. The number of nitrogens with one attached hydrogen (secondary N) is 1. The Labute approximate surface area is 132 Å². The summed E-state index contributed by atoms with van der Waals surface area (Å²) in [6.07, 6.45) is 3.30. The zero-order valence-electron chi connectivity index (χ0n) is 12.6. The summed E-state index contributed by atoms with van der Waals surface area (Å²) in [4.78, 5) is 10.8. The Morgan fingerprint density at radius 1 is 1.27 bits per heavy atom. The predicted octanol–water partition coefficient (Wildman–Crippen LogP) is 3.76. The molecule has 0 aliphatic carbocycles. The molecule has 0 saturated carbocycles. The van der Waals surface area contributed by atoms with Gasteiger partial charge >= 0.3 is 0 Å². The maximum atomic E-state index is 5.19. The lowest BCUT2D eigenvalue weighted by atomic mass is 10.2. The molecule has 6 heteroatoms. The van der Waals surface area contributed by atoms with Gasteiger partial charge in [0.25, 0.3) is 0 Å². The molecule has 1 aromatic carbocycles. The van der Waals surface area contributed by atoms with Crippen molar-refractivity contribution in [3.8, 4) is 5.75 Å². The van der Waals surface area contributed by atoms with Gasteiger partial charge in [0.15, 0.2) is 5.82 Å². The van der Waals surface area contributed by atoms with Crippen LogP contribution < -0.4 is 10.2 Å². The minimum atomic E-state index is 0.728. The van der Waals surface area contributed by atoms with Crippen molar-refractivity contribution in [3.05, 3.63) is 46.6 Å². The van der Waals surface area contributed by atoms with E-state index in [1.807, 2.05) is 24.3 Å². The molecular weight excluding hydrogens is 296 g/mol. The second-order valence-electron chi connectivity index (χ2n) is 4.83. The van der Waals surface area contributed by atoms with Crippen LogP contribution in [-0.2, 0) is 0 Å². The van der Waals surface area contributed by atoms with E-state index in [1.54, 1.807) is 31.0 Å². The molecule has 0 fully saturated rings. The van der Waals surface area contributed by atoms with Crippen molar-refractivity contribution in [1.82, 2.24) is 9.97 Å². The number of aromatic nitrogens is 2. The summed E-state index contributed by atoms with van der Waals surface area (Å²) in [7, 11) is 1.65. The number of benzene rings is 1. The van der Waals surface area contributed by atoms with Crippen LogP contribution in [-0.4, -0.2) is 23.3 Å². The molecule has 3 rings (SSSR count). The third-order valence-electron chi connectivity index (χ3n) is 3.44. The average Bonchev–Trinajstić information content (AvgIpc) is 2.83. The van der Waals surface area contributed by atoms with Crippen LogP contribution >= 0.6 is 11.3 Å². The molecule has 1 N–H and O–H groups in total. The third-order valence-corrected chi connectivity index (χ3v) is 4.56. The lowest BCUT2D eigenvalue weighted by Crippen LogP contribution is -1.95. The summed E-state index contributed by atoms with van der Waals surface area (Å²) in [5.41, 5.74) is 5.16. The van der Waals surface area contributed by atoms with Crippen LogP contribution in [0.4, 0.5) is 5.82 Å². The van der Waals surface area contributed by atoms with Crippen LogP contribution in [0.3, 0.4) is 0 Å². The van der Waals surface area contributed by atoms with Crippen LogP contribution in [0.5, 0.6) is 5.75 Å². The first-order valence-electron chi connectivity index (χ1n) is 6.83. The Morgan fingerprint density at radius 2 is 2.14 bits per heavy atom. The maximum absolute atomic E-state index is 5.19. The molecule has 0 saturated heterocycles. The highest BCUT2D eigenvalue weighted by atomic mass is 32.1. The number of hydrogen-bond acceptors (Lipinski definition) is 6. The molecule has 2 aromatic heterocycles. The first-order chi connectivity index (χ1) is 10.7. The largest absolute Gasteiger partial charge is 0.497 e. The number of methoxy groups -OCH3 is 1. The fourth-order valence-corrected chi connectivity index (χ4v) is 3.15. The minimum absolute atomic E-state index is 0.728. The number of nitrogens with zero attached hydrogens (tertiary/aromatic N) is 3. The van der Waals surface area contributed by atoms with E-state index in [2.05, 4.69) is 34.3 Å². The van der Waals surface area contributed by atoms with Gasteiger partial charge in [0.05, 0.1) is 18.7 Å². The van der Waals surface area contributed by atoms with E-state index >= 15 is 0 Å². The number of hydrogen-bond donors (Lipinski definition) is 1. The Morgan fingerprint density at radius 3 is 2.95 bits per heavy atom. The molecule has 0 aliphatic rings. The van der Waals surface area contributed by atoms with Crippen molar-refractivity contribution < 1.29 is 4.74 Å². The number of thiophene rings is 1. The zero-order valence-corrected chi connectivity index (χ0v) is 13.4. The molecule has 0 aliphatic heterocycles. The summed E-state index contributed by atoms with van der Waals surface area (Å²) in [5.74, 6) is 1.53. The van der Waals surface area contributed by atoms with Gasteiger partial charge in [-0.3, -0.25) is 5.43 Å². The van der Waals surface area contributed by atoms with Gasteiger partial charge in [0.2, 0.25) is 0 Å². The second-order valence-corrected chi connectivity index (χ2v) is 6.04. The summed E-state index contributed by atoms with van der Waals surface area (Å²) in [6.45, 7) is 4.17. The highest BCUT2D eigenvalue weighted by Crippen LogP contribution is 2.32. The molecule has 22 heavy (non-hydrogen) atoms. The standard InChI is InChI=1S/C16H16N4OS/c1-10-11(2)22-16-14(10)15(17-9-18-16)20-19-8-12-5-4-6-13(7-12)21-3/h4-9H,1-3H3,(H,17,18,20). The number of anilines is 1. The Bertz CT molecular complexity index is 841. The van der Waals surface area contributed by atoms with Crippen molar-refractivity contribution in [2.45, 2.75) is 13.8 Å². The normalized spacial score (nSPS) is 11.2. The van der Waals surface area contributed by atoms with E-state index in [0.29, 0.717) is 0 Å². The topological polar surface area (TPSA) is 59.4 Å². The number of rotatable bonds is 4. The van der Waals surface area contributed by atoms with Gasteiger partial charge in [0.1, 0.15) is 16.9 Å². The van der Waals surface area contributed by atoms with E-state index in [1.165, 1.54) is 10.4 Å². The highest BCUT2D eigenvalue weighted by Gasteiger charge is 2.11. The Kier molecular flexibility index (Phi) is 4.02. The molecule has 0 radical (unpaired) electrons. The predicted molar refractivity (Wildman–Crippen MR) is 91.1 cm³/mol. The van der Waals surface area contributed by atoms with E-state index in [-0.39, 0.29) is 0 Å². The minimum Gasteiger partial charge on any atom is -0.497 e. The molecule has 3 aromatic rings. The molecule has 5 nitrogen and oxygen atoms in total. The summed E-state index contributed by atoms with van der Waals surface area (Å²) in [5, 5.41) is 5.31. The van der Waals surface area contributed by atoms with Crippen LogP contribution in [0.15, 0.2) is 35.7 Å². The van der Waals surface area contributed by atoms with Gasteiger partial charge in [-0.15, -0.1) is 11.3 Å². The second kappa shape index (κ2) is 6.11. The smallest absolute Gasteiger partial charge is 0.158 e. The van der Waals surface area contributed by atoms with Crippen LogP contribution in [0.25, 0.3) is 10.2 Å². The van der Waals surface area contributed by atoms with E-state index in [0.717, 1.165) is 27.3 Å². The van der Waals surface area contributed by atoms with E-state index in [4.69, 9.17) is 4.74 Å². The molecule has 0 amide bonds. The van der Waals surface area contributed by atoms with Crippen molar-refractivity contribution in [3.63, 3.8) is 0 Å². The van der Waals surface area contributed by atoms with Gasteiger partial charge in [0, 0.05) is 4.88 Å². The van der Waals surface area contributed by atoms with Crippen LogP contribution in [0.1, 0.15) is 16.0 Å². The lowest BCUT2D eigenvalue weighted by Gasteiger charge is -2.02. The van der Waals surface area contributed by atoms with Gasteiger partial charge in [-0.2, -0.15) is 5.10 Å². The SMILES string of the molecule is COc1cccc(C=NNc2ncnc3sc(C)c(C)c23)c1. The van der Waals surface area contributed by atoms with E-state index < -0.39 is 0 Å². The molecule has 0 unspecified atom stereocenters. The quantitative estimate of drug-likeness (QED) is 0.588. The fourth-order valence-electron chi connectivity index (χ4n) is 2.16. The first kappa shape index (κ1) is 14.5. The van der Waals surface area contributed by atoms with Crippen molar-refractivity contribution in [2.24, 2.45) is 5.10 Å². The van der Waals surface area contributed by atoms with Gasteiger partial charge in [-0.1, -0.05) is 12.1 Å². The summed E-state index contributed by atoms with van der Waals surface area (Å²) >= 11 is 1.67. The van der Waals surface area contributed by atoms with Gasteiger partial charge in [-0.05, 0) is 37.1 Å². The first-order valence-corrected chi connectivity index (χ1v) is 7.64. The van der Waals surface area contributed by atoms with Crippen LogP contribution in [0, 0.1) is 13.8 Å². The average molecular weight is 312 g/mol. The molecular formula is C16H16N4OS. The molecule has 0 bridgehead atoms. The zero-order chi connectivity index (χ0) is 15.5. The highest BCUT2D eigenvalue weighted by molar-refractivity contribution is 7.18. The molecule has 112 valence electrons. The van der Waals surface area contributed by atoms with Crippen LogP contribution in [0.2, 0.25) is 0 Å². The van der Waals surface area contributed by atoms with Gasteiger partial charge < -0.3 is 4.74 Å². The maximum Gasteiger partial charge on any atom is 0.158 e. The Balaban J connectivity index is 1.86. The number of fused-ring (bicyclic) bond motifs is 1. The van der Waals surface area contributed by atoms with Crippen molar-refractivity contribution >= 4 is 33.6 Å². The van der Waals surface area contributed by atoms with Gasteiger partial charge in [-0.25, -0.2) is 9.97 Å². The number of hydrazone groups is 1. The summed E-state index contributed by atoms with van der Waals surface area (Å²) < 4.78 is 5.19. The number of aryl methyl sites for hydroxylation is 2. The molecule has 0 spiro atoms. The lowest BCUT2D eigenvalue weighted by molar-refractivity contribution is 0.415. The number of ether oxygens (including phenoxy) is 1. The third kappa shape index (κ3) is 2.78. The molecule has 0 atom stereocenters. The summed E-state index contributed by atoms with van der Waals surface area (Å²) in [6, 6.07) is 7.70. The van der Waals surface area contributed by atoms with Crippen molar-refractivity contribution in [2.75, 3.05) is 12.5 Å².